The molecule has 2 rings (SSSR count). The van der Waals surface area contributed by atoms with Crippen LogP contribution in [-0.4, -0.2) is 25.3 Å². The lowest BCUT2D eigenvalue weighted by Gasteiger charge is -2.09. The Kier molecular flexibility index (Phi) is 5.15. The third-order valence-corrected chi connectivity index (χ3v) is 4.53. The van der Waals surface area contributed by atoms with Crippen molar-refractivity contribution in [3.05, 3.63) is 65.7 Å². The number of carbonyl (C=O) groups excluding carboxylic acids is 1. The Morgan fingerprint density at radius 1 is 1.08 bits per heavy atom. The zero-order valence-corrected chi connectivity index (χ0v) is 13.6. The van der Waals surface area contributed by atoms with Gasteiger partial charge in [0.2, 0.25) is 0 Å². The van der Waals surface area contributed by atoms with Gasteiger partial charge in [0.25, 0.3) is 10.0 Å². The smallest absolute Gasteiger partial charge is 0.328 e. The van der Waals surface area contributed by atoms with Crippen LogP contribution in [0.3, 0.4) is 0 Å². The number of Topliss-reactive ketones (excluding diaryl/α,β-unsaturated/α-hetero) is 1. The number of hydrogen-bond acceptors (Lipinski definition) is 4. The fourth-order valence-electron chi connectivity index (χ4n) is 1.94. The Morgan fingerprint density at radius 3 is 2.33 bits per heavy atom. The van der Waals surface area contributed by atoms with E-state index >= 15 is 0 Å². The molecule has 0 aliphatic heterocycles. The normalized spacial score (nSPS) is 11.4. The van der Waals surface area contributed by atoms with Crippen LogP contribution in [-0.2, 0) is 14.8 Å². The van der Waals surface area contributed by atoms with E-state index < -0.39 is 16.0 Å². The highest BCUT2D eigenvalue weighted by molar-refractivity contribution is 7.92. The molecule has 0 fully saturated rings. The maximum absolute atomic E-state index is 12.4. The lowest BCUT2D eigenvalue weighted by molar-refractivity contribution is -0.131. The Morgan fingerprint density at radius 2 is 1.75 bits per heavy atom. The highest BCUT2D eigenvalue weighted by Crippen LogP contribution is 2.18. The fraction of sp³-hybridized carbons (Fsp3) is 0.0588. The molecular weight excluding hydrogens is 330 g/mol. The number of carboxylic acids is 1. The van der Waals surface area contributed by atoms with Gasteiger partial charge in [-0.25, -0.2) is 13.2 Å². The minimum Gasteiger partial charge on any atom is -0.478 e. The van der Waals surface area contributed by atoms with Crippen molar-refractivity contribution < 1.29 is 23.1 Å². The molecule has 0 aliphatic carbocycles. The van der Waals surface area contributed by atoms with E-state index in [1.54, 1.807) is 18.2 Å². The van der Waals surface area contributed by atoms with Crippen molar-refractivity contribution in [2.75, 3.05) is 4.72 Å². The number of benzene rings is 2. The van der Waals surface area contributed by atoms with Crippen molar-refractivity contribution in [3.8, 4) is 0 Å². The number of sulfonamides is 1. The van der Waals surface area contributed by atoms with Gasteiger partial charge in [-0.1, -0.05) is 24.3 Å². The van der Waals surface area contributed by atoms with Crippen molar-refractivity contribution in [3.63, 3.8) is 0 Å². The molecule has 2 aromatic rings. The Bertz CT molecular complexity index is 899. The van der Waals surface area contributed by atoms with Crippen LogP contribution in [0.25, 0.3) is 6.08 Å². The summed E-state index contributed by atoms with van der Waals surface area (Å²) in [7, 11) is -3.81. The molecule has 24 heavy (non-hydrogen) atoms. The SMILES string of the molecule is CC(=O)c1cccc(NS(=O)(=O)c2ccc(/C=C\C(=O)O)cc2)c1. The molecule has 2 aromatic carbocycles. The van der Waals surface area contributed by atoms with Gasteiger partial charge in [-0.15, -0.1) is 0 Å². The number of aliphatic carboxylic acids is 1. The van der Waals surface area contributed by atoms with Crippen LogP contribution in [0, 0.1) is 0 Å². The molecule has 6 nitrogen and oxygen atoms in total. The lowest BCUT2D eigenvalue weighted by atomic mass is 10.1. The van der Waals surface area contributed by atoms with E-state index in [1.807, 2.05) is 0 Å². The van der Waals surface area contributed by atoms with E-state index in [0.717, 1.165) is 6.08 Å². The van der Waals surface area contributed by atoms with Crippen LogP contribution in [0.2, 0.25) is 0 Å². The van der Waals surface area contributed by atoms with Crippen LogP contribution in [0.15, 0.2) is 59.5 Å². The van der Waals surface area contributed by atoms with Crippen LogP contribution in [0.5, 0.6) is 0 Å². The summed E-state index contributed by atoms with van der Waals surface area (Å²) in [4.78, 5) is 21.8. The molecule has 0 heterocycles. The molecule has 0 aromatic heterocycles. The fourth-order valence-corrected chi connectivity index (χ4v) is 2.99. The molecule has 124 valence electrons. The van der Waals surface area contributed by atoms with Crippen LogP contribution < -0.4 is 4.72 Å². The second kappa shape index (κ2) is 7.10. The van der Waals surface area contributed by atoms with Crippen LogP contribution in [0.4, 0.5) is 5.69 Å². The quantitative estimate of drug-likeness (QED) is 0.619. The zero-order chi connectivity index (χ0) is 17.7. The first-order valence-electron chi connectivity index (χ1n) is 6.93. The van der Waals surface area contributed by atoms with Crippen LogP contribution in [0.1, 0.15) is 22.8 Å². The Balaban J connectivity index is 2.23. The minimum absolute atomic E-state index is 0.0307. The summed E-state index contributed by atoms with van der Waals surface area (Å²) in [5, 5.41) is 8.57. The summed E-state index contributed by atoms with van der Waals surface area (Å²) in [5.41, 5.74) is 1.26. The molecular formula is C17H15NO5S. The van der Waals surface area contributed by atoms with Gasteiger partial charge >= 0.3 is 5.97 Å². The number of carboxylic acid groups (broad SMARTS) is 1. The monoisotopic (exact) mass is 345 g/mol. The molecule has 0 atom stereocenters. The van der Waals surface area contributed by atoms with Crippen LogP contribution >= 0.6 is 0 Å². The standard InChI is InChI=1S/C17H15NO5S/c1-12(19)14-3-2-4-15(11-14)18-24(22,23)16-8-5-13(6-9-16)7-10-17(20)21/h2-11,18H,1H3,(H,20,21)/b10-7-. The molecule has 0 amide bonds. The molecule has 0 bridgehead atoms. The predicted molar refractivity (Wildman–Crippen MR) is 90.4 cm³/mol. The minimum atomic E-state index is -3.81. The number of anilines is 1. The second-order valence-corrected chi connectivity index (χ2v) is 6.67. The second-order valence-electron chi connectivity index (χ2n) is 4.98. The summed E-state index contributed by atoms with van der Waals surface area (Å²) < 4.78 is 27.1. The number of rotatable bonds is 6. The summed E-state index contributed by atoms with van der Waals surface area (Å²) >= 11 is 0. The largest absolute Gasteiger partial charge is 0.478 e. The Hall–Kier alpha value is -2.93. The van der Waals surface area contributed by atoms with E-state index in [0.29, 0.717) is 11.1 Å². The third-order valence-electron chi connectivity index (χ3n) is 3.13. The van der Waals surface area contributed by atoms with Gasteiger partial charge in [-0.05, 0) is 42.8 Å². The first kappa shape index (κ1) is 17.4. The molecule has 0 saturated carbocycles. The zero-order valence-electron chi connectivity index (χ0n) is 12.8. The molecule has 0 radical (unpaired) electrons. The van der Waals surface area contributed by atoms with Gasteiger partial charge in [0, 0.05) is 17.3 Å². The molecule has 2 N–H and O–H groups in total. The number of ketones is 1. The van der Waals surface area contributed by atoms with E-state index in [-0.39, 0.29) is 16.4 Å². The van der Waals surface area contributed by atoms with Crippen molar-refractivity contribution in [2.24, 2.45) is 0 Å². The molecule has 7 heteroatoms. The van der Waals surface area contributed by atoms with Crippen molar-refractivity contribution in [1.29, 1.82) is 0 Å². The van der Waals surface area contributed by atoms with Gasteiger partial charge in [-0.3, -0.25) is 9.52 Å². The Labute approximate surface area is 139 Å². The first-order chi connectivity index (χ1) is 11.3. The first-order valence-corrected chi connectivity index (χ1v) is 8.41. The van der Waals surface area contributed by atoms with Gasteiger partial charge in [0.05, 0.1) is 4.90 Å². The molecule has 0 aliphatic rings. The highest BCUT2D eigenvalue weighted by Gasteiger charge is 2.14. The maximum atomic E-state index is 12.4. The summed E-state index contributed by atoms with van der Waals surface area (Å²) in [6.07, 6.45) is 2.33. The average molecular weight is 345 g/mol. The van der Waals surface area contributed by atoms with Gasteiger partial charge < -0.3 is 5.11 Å². The van der Waals surface area contributed by atoms with E-state index in [9.17, 15) is 18.0 Å². The van der Waals surface area contributed by atoms with Gasteiger partial charge in [0.1, 0.15) is 0 Å². The number of nitrogens with one attached hydrogen (secondary N) is 1. The topological polar surface area (TPSA) is 101 Å². The van der Waals surface area contributed by atoms with E-state index in [2.05, 4.69) is 4.72 Å². The van der Waals surface area contributed by atoms with Crippen molar-refractivity contribution in [2.45, 2.75) is 11.8 Å². The number of carbonyl (C=O) groups is 2. The molecule has 0 saturated heterocycles. The van der Waals surface area contributed by atoms with E-state index in [1.165, 1.54) is 43.3 Å². The summed E-state index contributed by atoms with van der Waals surface area (Å²) in [5.74, 6) is -1.25. The molecule has 0 unspecified atom stereocenters. The predicted octanol–water partition coefficient (Wildman–Crippen LogP) is 2.79. The van der Waals surface area contributed by atoms with E-state index in [4.69, 9.17) is 5.11 Å². The molecule has 0 spiro atoms. The number of hydrogen-bond donors (Lipinski definition) is 2. The van der Waals surface area contributed by atoms with Crippen molar-refractivity contribution in [1.82, 2.24) is 0 Å². The third kappa shape index (κ3) is 4.53. The van der Waals surface area contributed by atoms with Gasteiger partial charge in [-0.2, -0.15) is 0 Å². The average Bonchev–Trinajstić information content (AvgIpc) is 2.53. The maximum Gasteiger partial charge on any atom is 0.328 e. The van der Waals surface area contributed by atoms with Gasteiger partial charge in [0.15, 0.2) is 5.78 Å². The van der Waals surface area contributed by atoms with Crippen molar-refractivity contribution >= 4 is 33.5 Å². The summed E-state index contributed by atoms with van der Waals surface area (Å²) in [6, 6.07) is 12.0. The lowest BCUT2D eigenvalue weighted by Crippen LogP contribution is -2.13. The highest BCUT2D eigenvalue weighted by atomic mass is 32.2. The summed E-state index contributed by atoms with van der Waals surface area (Å²) in [6.45, 7) is 1.40.